The van der Waals surface area contributed by atoms with Crippen LogP contribution in [0.5, 0.6) is 5.75 Å². The lowest BCUT2D eigenvalue weighted by Crippen LogP contribution is -2.29. The number of carboxylic acid groups (broad SMARTS) is 1. The summed E-state index contributed by atoms with van der Waals surface area (Å²) in [4.78, 5) is 30.5. The smallest absolute Gasteiger partial charge is 0.337 e. The van der Waals surface area contributed by atoms with Gasteiger partial charge in [0.1, 0.15) is 0 Å². The molecule has 1 amide bonds. The summed E-state index contributed by atoms with van der Waals surface area (Å²) < 4.78 is 28.5. The third-order valence-electron chi connectivity index (χ3n) is 7.18. The summed E-state index contributed by atoms with van der Waals surface area (Å²) in [6, 6.07) is 7.92. The average molecular weight is 630 g/mol. The van der Waals surface area contributed by atoms with E-state index < -0.39 is 29.4 Å². The number of amides is 1. The van der Waals surface area contributed by atoms with Crippen LogP contribution in [0.15, 0.2) is 30.3 Å². The molecule has 5 rings (SSSR count). The maximum atomic E-state index is 15.5. The zero-order valence-electron chi connectivity index (χ0n) is 24.3. The predicted octanol–water partition coefficient (Wildman–Crippen LogP) is 6.65. The number of rotatable bonds is 7. The van der Waals surface area contributed by atoms with Gasteiger partial charge < -0.3 is 19.9 Å². The van der Waals surface area contributed by atoms with E-state index in [1.165, 1.54) is 16.6 Å². The standard InChI is InChI=1S/C31H31Cl2FN4O5/c1-15-18-9-7-11-42-27(18)21(34)12-19(15)26-24(28(30(40)41)43-31(3,4)5)16(2)36-23-13-22(37-38(23)26)29(39)35-14-17-8-6-10-20(32)25(17)33/h6,8,10,12-13,28H,7,9,11,14H2,1-5H3,(H,35,39)(H,40,41)/t28-/m0/s1. The number of hydrogen-bond donors (Lipinski definition) is 2. The minimum absolute atomic E-state index is 0.0199. The van der Waals surface area contributed by atoms with Gasteiger partial charge >= 0.3 is 5.97 Å². The maximum absolute atomic E-state index is 15.5. The van der Waals surface area contributed by atoms with Crippen LogP contribution in [0.4, 0.5) is 4.39 Å². The molecule has 0 saturated heterocycles. The first-order chi connectivity index (χ1) is 20.3. The maximum Gasteiger partial charge on any atom is 0.337 e. The largest absolute Gasteiger partial charge is 0.490 e. The van der Waals surface area contributed by atoms with E-state index in [2.05, 4.69) is 15.4 Å². The van der Waals surface area contributed by atoms with Crippen molar-refractivity contribution in [2.45, 2.75) is 65.7 Å². The molecule has 2 aromatic carbocycles. The third kappa shape index (κ3) is 6.04. The van der Waals surface area contributed by atoms with Gasteiger partial charge in [0.15, 0.2) is 29.0 Å². The lowest BCUT2D eigenvalue weighted by molar-refractivity contribution is -0.160. The van der Waals surface area contributed by atoms with Gasteiger partial charge in [0.25, 0.3) is 5.91 Å². The van der Waals surface area contributed by atoms with Gasteiger partial charge in [0.05, 0.1) is 27.9 Å². The number of benzene rings is 2. The SMILES string of the molecule is Cc1nc2cc(C(=O)NCc3cccc(Cl)c3Cl)nn2c(-c2cc(F)c3c(c2C)CCCO3)c1[C@H](OC(C)(C)C)C(=O)O. The Hall–Kier alpha value is -3.73. The van der Waals surface area contributed by atoms with E-state index in [1.807, 2.05) is 6.92 Å². The van der Waals surface area contributed by atoms with Gasteiger partial charge in [-0.25, -0.2) is 18.7 Å². The first kappa shape index (κ1) is 30.7. The molecule has 4 aromatic rings. The molecule has 2 aromatic heterocycles. The van der Waals surface area contributed by atoms with Crippen molar-refractivity contribution in [3.63, 3.8) is 0 Å². The van der Waals surface area contributed by atoms with Crippen molar-refractivity contribution in [2.24, 2.45) is 0 Å². The van der Waals surface area contributed by atoms with Gasteiger partial charge in [-0.15, -0.1) is 0 Å². The Bertz CT molecular complexity index is 1770. The number of aryl methyl sites for hydroxylation is 1. The molecule has 0 radical (unpaired) electrons. The van der Waals surface area contributed by atoms with Crippen molar-refractivity contribution in [3.05, 3.63) is 79.8 Å². The van der Waals surface area contributed by atoms with E-state index in [0.29, 0.717) is 57.4 Å². The van der Waals surface area contributed by atoms with Crippen molar-refractivity contribution < 1.29 is 28.6 Å². The molecule has 3 heterocycles. The molecule has 0 bridgehead atoms. The fourth-order valence-electron chi connectivity index (χ4n) is 5.26. The molecule has 0 fully saturated rings. The van der Waals surface area contributed by atoms with E-state index in [9.17, 15) is 14.7 Å². The molecule has 1 aliphatic rings. The zero-order valence-corrected chi connectivity index (χ0v) is 25.9. The molecule has 1 aliphatic heterocycles. The van der Waals surface area contributed by atoms with Crippen molar-refractivity contribution >= 4 is 40.7 Å². The van der Waals surface area contributed by atoms with E-state index in [0.717, 1.165) is 0 Å². The van der Waals surface area contributed by atoms with Gasteiger partial charge in [0, 0.05) is 35.0 Å². The number of halogens is 3. The van der Waals surface area contributed by atoms with Crippen LogP contribution >= 0.6 is 23.2 Å². The number of hydrogen-bond acceptors (Lipinski definition) is 6. The van der Waals surface area contributed by atoms with Crippen LogP contribution in [0, 0.1) is 19.7 Å². The Balaban J connectivity index is 1.70. The molecule has 0 aliphatic carbocycles. The van der Waals surface area contributed by atoms with E-state index in [4.69, 9.17) is 32.7 Å². The highest BCUT2D eigenvalue weighted by Crippen LogP contribution is 2.41. The number of nitrogens with one attached hydrogen (secondary N) is 1. The summed E-state index contributed by atoms with van der Waals surface area (Å²) in [6.07, 6.45) is -0.163. The summed E-state index contributed by atoms with van der Waals surface area (Å²) in [5.74, 6) is -2.15. The highest BCUT2D eigenvalue weighted by Gasteiger charge is 2.35. The van der Waals surface area contributed by atoms with E-state index in [-0.39, 0.29) is 34.9 Å². The monoisotopic (exact) mass is 628 g/mol. The van der Waals surface area contributed by atoms with E-state index >= 15 is 4.39 Å². The summed E-state index contributed by atoms with van der Waals surface area (Å²) in [5, 5.41) is 18.3. The lowest BCUT2D eigenvalue weighted by atomic mass is 9.91. The summed E-state index contributed by atoms with van der Waals surface area (Å²) in [6.45, 7) is 9.22. The molecule has 0 unspecified atom stereocenters. The minimum Gasteiger partial charge on any atom is -0.490 e. The summed E-state index contributed by atoms with van der Waals surface area (Å²) in [5.41, 5.74) is 2.68. The highest BCUT2D eigenvalue weighted by molar-refractivity contribution is 6.42. The van der Waals surface area contributed by atoms with Gasteiger partial charge in [-0.2, -0.15) is 5.10 Å². The van der Waals surface area contributed by atoms with Crippen LogP contribution in [0.3, 0.4) is 0 Å². The first-order valence-corrected chi connectivity index (χ1v) is 14.5. The molecular weight excluding hydrogens is 598 g/mol. The molecule has 0 saturated carbocycles. The molecule has 9 nitrogen and oxygen atoms in total. The number of ether oxygens (including phenoxy) is 2. The minimum atomic E-state index is -1.46. The second kappa shape index (κ2) is 11.7. The number of aromatic nitrogens is 3. The quantitative estimate of drug-likeness (QED) is 0.235. The van der Waals surface area contributed by atoms with Crippen LogP contribution in [0.2, 0.25) is 10.0 Å². The zero-order chi connectivity index (χ0) is 31.2. The number of fused-ring (bicyclic) bond motifs is 2. The Morgan fingerprint density at radius 1 is 1.23 bits per heavy atom. The normalized spacial score (nSPS) is 13.9. The molecule has 43 heavy (non-hydrogen) atoms. The van der Waals surface area contributed by atoms with Crippen LogP contribution in [0.25, 0.3) is 16.9 Å². The molecule has 226 valence electrons. The van der Waals surface area contributed by atoms with Crippen molar-refractivity contribution in [2.75, 3.05) is 6.61 Å². The van der Waals surface area contributed by atoms with Crippen molar-refractivity contribution in [1.29, 1.82) is 0 Å². The van der Waals surface area contributed by atoms with Crippen LogP contribution in [-0.4, -0.2) is 43.8 Å². The van der Waals surface area contributed by atoms with Crippen LogP contribution < -0.4 is 10.1 Å². The van der Waals surface area contributed by atoms with Crippen LogP contribution in [-0.2, 0) is 22.5 Å². The van der Waals surface area contributed by atoms with Crippen LogP contribution in [0.1, 0.15) is 71.7 Å². The van der Waals surface area contributed by atoms with E-state index in [1.54, 1.807) is 45.9 Å². The predicted molar refractivity (Wildman–Crippen MR) is 161 cm³/mol. The van der Waals surface area contributed by atoms with Gasteiger partial charge in [-0.1, -0.05) is 35.3 Å². The van der Waals surface area contributed by atoms with Gasteiger partial charge in [0.2, 0.25) is 0 Å². The number of nitrogens with zero attached hydrogens (tertiary/aromatic N) is 3. The lowest BCUT2D eigenvalue weighted by Gasteiger charge is -2.28. The fraction of sp³-hybridized carbons (Fsp3) is 0.355. The molecule has 2 N–H and O–H groups in total. The highest BCUT2D eigenvalue weighted by atomic mass is 35.5. The van der Waals surface area contributed by atoms with Crippen molar-refractivity contribution in [1.82, 2.24) is 19.9 Å². The molecular formula is C31H31Cl2FN4O5. The number of carboxylic acids is 1. The molecule has 12 heteroatoms. The summed E-state index contributed by atoms with van der Waals surface area (Å²) in [7, 11) is 0. The molecule has 0 spiro atoms. The third-order valence-corrected chi connectivity index (χ3v) is 8.04. The van der Waals surface area contributed by atoms with Gasteiger partial charge in [-0.05, 0) is 70.7 Å². The number of aliphatic carboxylic acids is 1. The average Bonchev–Trinajstić information content (AvgIpc) is 3.37. The molecule has 1 atom stereocenters. The first-order valence-electron chi connectivity index (χ1n) is 13.7. The fourth-order valence-corrected chi connectivity index (χ4v) is 5.65. The Morgan fingerprint density at radius 3 is 2.67 bits per heavy atom. The Kier molecular flexibility index (Phi) is 8.39. The van der Waals surface area contributed by atoms with Gasteiger partial charge in [-0.3, -0.25) is 4.79 Å². The second-order valence-electron chi connectivity index (χ2n) is 11.4. The van der Waals surface area contributed by atoms with Crippen molar-refractivity contribution in [3.8, 4) is 17.0 Å². The Labute approximate surface area is 257 Å². The topological polar surface area (TPSA) is 115 Å². The second-order valence-corrected chi connectivity index (χ2v) is 12.2. The number of carbonyl (C=O) groups is 2. The number of carbonyl (C=O) groups excluding carboxylic acids is 1. The summed E-state index contributed by atoms with van der Waals surface area (Å²) >= 11 is 12.4. The Morgan fingerprint density at radius 2 is 1.98 bits per heavy atom.